The van der Waals surface area contributed by atoms with Gasteiger partial charge in [0.1, 0.15) is 6.54 Å². The molecule has 2 heterocycles. The number of nitrogens with zero attached hydrogens (tertiary/aromatic N) is 3. The number of hydrogen-bond acceptors (Lipinski definition) is 5. The van der Waals surface area contributed by atoms with E-state index in [0.29, 0.717) is 12.1 Å². The first-order chi connectivity index (χ1) is 11.2. The van der Waals surface area contributed by atoms with E-state index < -0.39 is 11.9 Å². The maximum atomic E-state index is 11.9. The second-order valence-electron chi connectivity index (χ2n) is 4.89. The van der Waals surface area contributed by atoms with Crippen molar-refractivity contribution in [1.29, 1.82) is 0 Å². The monoisotopic (exact) mass is 310 g/mol. The first kappa shape index (κ1) is 14.7. The second-order valence-corrected chi connectivity index (χ2v) is 4.89. The fraction of sp³-hybridized carbons (Fsp3) is 0.125. The average molecular weight is 310 g/mol. The van der Waals surface area contributed by atoms with E-state index in [1.165, 1.54) is 6.20 Å². The van der Waals surface area contributed by atoms with Gasteiger partial charge in [0.15, 0.2) is 0 Å². The van der Waals surface area contributed by atoms with Gasteiger partial charge in [0.25, 0.3) is 5.91 Å². The van der Waals surface area contributed by atoms with E-state index in [2.05, 4.69) is 15.5 Å². The van der Waals surface area contributed by atoms with Crippen molar-refractivity contribution in [3.63, 3.8) is 0 Å². The van der Waals surface area contributed by atoms with Crippen LogP contribution >= 0.6 is 0 Å². The third kappa shape index (κ3) is 3.70. The van der Waals surface area contributed by atoms with E-state index in [1.54, 1.807) is 23.2 Å². The Balaban J connectivity index is 1.69. The summed E-state index contributed by atoms with van der Waals surface area (Å²) in [6, 6.07) is 13.0. The van der Waals surface area contributed by atoms with E-state index in [1.807, 2.05) is 30.3 Å². The summed E-state index contributed by atoms with van der Waals surface area (Å²) in [4.78, 5) is 28.9. The molecular weight excluding hydrogens is 296 g/mol. The van der Waals surface area contributed by atoms with Gasteiger partial charge < -0.3 is 9.64 Å². The minimum Gasteiger partial charge on any atom is -0.390 e. The van der Waals surface area contributed by atoms with Crippen molar-refractivity contribution < 1.29 is 14.3 Å². The molecule has 0 aliphatic carbocycles. The minimum absolute atomic E-state index is 0.0797. The molecule has 0 unspecified atom stereocenters. The molecule has 2 aromatic rings. The molecule has 7 heteroatoms. The van der Waals surface area contributed by atoms with Gasteiger partial charge in [-0.1, -0.05) is 30.3 Å². The molecule has 0 spiro atoms. The third-order valence-corrected chi connectivity index (χ3v) is 3.19. The van der Waals surface area contributed by atoms with Crippen LogP contribution < -0.4 is 5.43 Å². The van der Waals surface area contributed by atoms with Gasteiger partial charge >= 0.3 is 12.0 Å². The molecule has 3 rings (SSSR count). The summed E-state index contributed by atoms with van der Waals surface area (Å²) >= 11 is 0. The molecule has 0 bridgehead atoms. The van der Waals surface area contributed by atoms with Crippen molar-refractivity contribution >= 4 is 17.9 Å². The fourth-order valence-electron chi connectivity index (χ4n) is 2.10. The maximum absolute atomic E-state index is 11.9. The summed E-state index contributed by atoms with van der Waals surface area (Å²) < 4.78 is 5.04. The molecule has 1 aromatic carbocycles. The number of esters is 1. The van der Waals surface area contributed by atoms with Crippen molar-refractivity contribution in [2.45, 2.75) is 6.54 Å². The molecule has 0 radical (unpaired) electrons. The van der Waals surface area contributed by atoms with E-state index in [-0.39, 0.29) is 12.6 Å². The van der Waals surface area contributed by atoms with E-state index >= 15 is 0 Å². The lowest BCUT2D eigenvalue weighted by Crippen LogP contribution is -2.29. The number of cyclic esters (lactones) is 1. The van der Waals surface area contributed by atoms with Crippen molar-refractivity contribution in [3.8, 4) is 0 Å². The summed E-state index contributed by atoms with van der Waals surface area (Å²) in [5.74, 6) is -0.830. The lowest BCUT2D eigenvalue weighted by Gasteiger charge is -2.14. The highest BCUT2D eigenvalue weighted by Crippen LogP contribution is 2.11. The number of aromatic nitrogens is 1. The number of pyridine rings is 1. The molecule has 1 aromatic heterocycles. The number of ether oxygens (including phenoxy) is 1. The van der Waals surface area contributed by atoms with Crippen molar-refractivity contribution in [2.24, 2.45) is 5.10 Å². The molecule has 1 N–H and O–H groups in total. The Hall–Kier alpha value is -3.22. The Bertz CT molecular complexity index is 732. The fourth-order valence-corrected chi connectivity index (χ4v) is 2.10. The van der Waals surface area contributed by atoms with Crippen LogP contribution in [0.4, 0.5) is 0 Å². The lowest BCUT2D eigenvalue weighted by molar-refractivity contribution is -0.132. The molecule has 1 aliphatic rings. The Kier molecular flexibility index (Phi) is 4.28. The van der Waals surface area contributed by atoms with Crippen molar-refractivity contribution in [1.82, 2.24) is 15.3 Å². The number of amidine groups is 1. The number of amides is 1. The standard InChI is InChI=1S/C16H14N4O3/c21-14-11-20(10-12-5-2-1-3-6-12)16(23-14)19-18-15(22)13-7-4-8-17-9-13/h1-9H,10-11H2,(H,18,22)/b19-16+. The summed E-state index contributed by atoms with van der Waals surface area (Å²) in [5.41, 5.74) is 3.75. The second kappa shape index (κ2) is 6.69. The van der Waals surface area contributed by atoms with Crippen LogP contribution in [-0.4, -0.2) is 34.3 Å². The predicted octanol–water partition coefficient (Wildman–Crippen LogP) is 1.14. The van der Waals surface area contributed by atoms with Crippen LogP contribution in [0.25, 0.3) is 0 Å². The third-order valence-electron chi connectivity index (χ3n) is 3.19. The summed E-state index contributed by atoms with van der Waals surface area (Å²) in [5, 5.41) is 3.90. The molecule has 1 saturated heterocycles. The highest BCUT2D eigenvalue weighted by molar-refractivity contribution is 5.97. The number of carbonyl (C=O) groups is 2. The topological polar surface area (TPSA) is 83.9 Å². The van der Waals surface area contributed by atoms with Crippen LogP contribution in [-0.2, 0) is 16.1 Å². The first-order valence-electron chi connectivity index (χ1n) is 7.00. The molecule has 1 aliphatic heterocycles. The average Bonchev–Trinajstić information content (AvgIpc) is 2.94. The Morgan fingerprint density at radius 1 is 1.26 bits per heavy atom. The highest BCUT2D eigenvalue weighted by Gasteiger charge is 2.28. The van der Waals surface area contributed by atoms with E-state index in [4.69, 9.17) is 4.74 Å². The number of benzene rings is 1. The molecule has 1 amide bonds. The van der Waals surface area contributed by atoms with Gasteiger partial charge in [0.2, 0.25) is 0 Å². The Labute approximate surface area is 132 Å². The summed E-state index contributed by atoms with van der Waals surface area (Å²) in [7, 11) is 0. The molecule has 0 atom stereocenters. The predicted molar refractivity (Wildman–Crippen MR) is 82.1 cm³/mol. The quantitative estimate of drug-likeness (QED) is 0.676. The van der Waals surface area contributed by atoms with Gasteiger partial charge in [-0.25, -0.2) is 10.2 Å². The minimum atomic E-state index is -0.423. The zero-order chi connectivity index (χ0) is 16.1. The van der Waals surface area contributed by atoms with Crippen LogP contribution in [0.5, 0.6) is 0 Å². The van der Waals surface area contributed by atoms with E-state index in [0.717, 1.165) is 5.56 Å². The van der Waals surface area contributed by atoms with Crippen LogP contribution in [0, 0.1) is 0 Å². The summed E-state index contributed by atoms with van der Waals surface area (Å²) in [6.07, 6.45) is 3.00. The largest absolute Gasteiger partial charge is 0.390 e. The van der Waals surface area contributed by atoms with Crippen LogP contribution in [0.2, 0.25) is 0 Å². The Morgan fingerprint density at radius 3 is 2.83 bits per heavy atom. The molecule has 1 fully saturated rings. The smallest absolute Gasteiger partial charge is 0.333 e. The van der Waals surface area contributed by atoms with Gasteiger partial charge in [-0.05, 0) is 17.7 Å². The number of hydrogen-bond donors (Lipinski definition) is 1. The Morgan fingerprint density at radius 2 is 2.09 bits per heavy atom. The van der Waals surface area contributed by atoms with Gasteiger partial charge in [-0.15, -0.1) is 5.10 Å². The molecule has 23 heavy (non-hydrogen) atoms. The van der Waals surface area contributed by atoms with Gasteiger partial charge in [0, 0.05) is 18.9 Å². The molecular formula is C16H14N4O3. The SMILES string of the molecule is O=C1CN(Cc2ccccc2)/C(=N\NC(=O)c2cccnc2)O1. The normalized spacial score (nSPS) is 15.6. The van der Waals surface area contributed by atoms with Crippen LogP contribution in [0.1, 0.15) is 15.9 Å². The molecule has 0 saturated carbocycles. The van der Waals surface area contributed by atoms with Crippen LogP contribution in [0.15, 0.2) is 60.0 Å². The van der Waals surface area contributed by atoms with Gasteiger partial charge in [-0.3, -0.25) is 9.78 Å². The number of carbonyl (C=O) groups excluding carboxylic acids is 2. The van der Waals surface area contributed by atoms with Crippen molar-refractivity contribution in [3.05, 3.63) is 66.0 Å². The van der Waals surface area contributed by atoms with Crippen molar-refractivity contribution in [2.75, 3.05) is 6.54 Å². The highest BCUT2D eigenvalue weighted by atomic mass is 16.6. The van der Waals surface area contributed by atoms with Crippen LogP contribution in [0.3, 0.4) is 0 Å². The maximum Gasteiger partial charge on any atom is 0.333 e. The van der Waals surface area contributed by atoms with Gasteiger partial charge in [-0.2, -0.15) is 0 Å². The summed E-state index contributed by atoms with van der Waals surface area (Å²) in [6.45, 7) is 0.560. The number of hydrazone groups is 1. The first-order valence-corrected chi connectivity index (χ1v) is 7.00. The van der Waals surface area contributed by atoms with E-state index in [9.17, 15) is 9.59 Å². The zero-order valence-electron chi connectivity index (χ0n) is 12.2. The van der Waals surface area contributed by atoms with Gasteiger partial charge in [0.05, 0.1) is 5.56 Å². The number of rotatable bonds is 4. The molecule has 116 valence electrons. The number of nitrogens with one attached hydrogen (secondary N) is 1. The lowest BCUT2D eigenvalue weighted by atomic mass is 10.2. The molecule has 7 nitrogen and oxygen atoms in total. The zero-order valence-corrected chi connectivity index (χ0v) is 12.2.